The Morgan fingerprint density at radius 1 is 1.16 bits per heavy atom. The second-order valence-corrected chi connectivity index (χ2v) is 7.49. The van der Waals surface area contributed by atoms with E-state index in [4.69, 9.17) is 18.9 Å². The minimum Gasteiger partial charge on any atom is -0.493 e. The molecular weight excluding hydrogens is 418 g/mol. The molecule has 1 aliphatic heterocycles. The Bertz CT molecular complexity index is 1060. The molecule has 11 heteroatoms. The third-order valence-electron chi connectivity index (χ3n) is 5.59. The fourth-order valence-electron chi connectivity index (χ4n) is 3.86. The lowest BCUT2D eigenvalue weighted by molar-refractivity contribution is -0.0432. The van der Waals surface area contributed by atoms with Crippen LogP contribution in [0.1, 0.15) is 31.2 Å². The van der Waals surface area contributed by atoms with Gasteiger partial charge in [0, 0.05) is 6.42 Å². The number of hydrogen-bond donors (Lipinski definition) is 3. The van der Waals surface area contributed by atoms with Gasteiger partial charge < -0.3 is 34.5 Å². The van der Waals surface area contributed by atoms with E-state index in [2.05, 4.69) is 20.3 Å². The van der Waals surface area contributed by atoms with Gasteiger partial charge in [0.15, 0.2) is 28.5 Å². The highest BCUT2D eigenvalue weighted by Crippen LogP contribution is 2.40. The number of methoxy groups -OCH3 is 3. The number of anilines is 1. The lowest BCUT2D eigenvalue weighted by Crippen LogP contribution is -2.24. The first-order valence-corrected chi connectivity index (χ1v) is 10.2. The van der Waals surface area contributed by atoms with Crippen LogP contribution in [-0.4, -0.2) is 69.9 Å². The predicted molar refractivity (Wildman–Crippen MR) is 115 cm³/mol. The topological polar surface area (TPSA) is 133 Å². The van der Waals surface area contributed by atoms with Crippen molar-refractivity contribution in [2.24, 2.45) is 0 Å². The van der Waals surface area contributed by atoms with Gasteiger partial charge in [0.05, 0.1) is 46.4 Å². The van der Waals surface area contributed by atoms with Crippen molar-refractivity contribution in [1.29, 1.82) is 0 Å². The molecule has 11 nitrogen and oxygen atoms in total. The molecule has 0 aliphatic carbocycles. The fourth-order valence-corrected chi connectivity index (χ4v) is 3.86. The second-order valence-electron chi connectivity index (χ2n) is 7.49. The molecule has 1 aliphatic rings. The number of ether oxygens (including phenoxy) is 4. The maximum Gasteiger partial charge on any atom is 0.203 e. The molecule has 3 heterocycles. The smallest absolute Gasteiger partial charge is 0.203 e. The van der Waals surface area contributed by atoms with Gasteiger partial charge in [-0.3, -0.25) is 4.57 Å². The largest absolute Gasteiger partial charge is 0.493 e. The van der Waals surface area contributed by atoms with Crippen molar-refractivity contribution in [2.75, 3.05) is 33.3 Å². The number of fused-ring (bicyclic) bond motifs is 1. The van der Waals surface area contributed by atoms with Crippen LogP contribution in [0.5, 0.6) is 17.2 Å². The third kappa shape index (κ3) is 3.90. The summed E-state index contributed by atoms with van der Waals surface area (Å²) in [5.41, 5.74) is 2.03. The first kappa shape index (κ1) is 22.1. The Morgan fingerprint density at radius 2 is 1.88 bits per heavy atom. The maximum atomic E-state index is 10.1. The van der Waals surface area contributed by atoms with E-state index < -0.39 is 18.4 Å². The van der Waals surface area contributed by atoms with E-state index in [1.54, 1.807) is 32.2 Å². The Labute approximate surface area is 184 Å². The van der Waals surface area contributed by atoms with Crippen molar-refractivity contribution in [3.05, 3.63) is 30.4 Å². The molecule has 1 fully saturated rings. The van der Waals surface area contributed by atoms with Gasteiger partial charge in [-0.05, 0) is 24.6 Å². The van der Waals surface area contributed by atoms with Crippen molar-refractivity contribution in [3.8, 4) is 17.2 Å². The molecule has 4 atom stereocenters. The summed E-state index contributed by atoms with van der Waals surface area (Å²) in [5, 5.41) is 22.8. The van der Waals surface area contributed by atoms with Gasteiger partial charge in [0.25, 0.3) is 0 Å². The number of aliphatic hydroxyl groups excluding tert-OH is 2. The number of aromatic nitrogens is 4. The average molecular weight is 445 g/mol. The first-order valence-electron chi connectivity index (χ1n) is 10.2. The summed E-state index contributed by atoms with van der Waals surface area (Å²) in [5.74, 6) is 2.19. The summed E-state index contributed by atoms with van der Waals surface area (Å²) in [6.45, 7) is 1.73. The lowest BCUT2D eigenvalue weighted by atomic mass is 10.1. The van der Waals surface area contributed by atoms with E-state index >= 15 is 0 Å². The van der Waals surface area contributed by atoms with Gasteiger partial charge in [-0.25, -0.2) is 15.0 Å². The highest BCUT2D eigenvalue weighted by molar-refractivity contribution is 5.83. The number of nitrogens with one attached hydrogen (secondary N) is 1. The number of benzene rings is 1. The SMILES string of the molecule is COc1cc(C(C)Nc2ncnc3c2ncn3[C@H]2C[C@@H](O)[C@@H](CO)O2)cc(OC)c1OC. The van der Waals surface area contributed by atoms with E-state index in [1.807, 2.05) is 19.1 Å². The Hall–Kier alpha value is -3.15. The van der Waals surface area contributed by atoms with E-state index in [-0.39, 0.29) is 12.6 Å². The summed E-state index contributed by atoms with van der Waals surface area (Å²) in [7, 11) is 4.71. The van der Waals surface area contributed by atoms with Gasteiger partial charge >= 0.3 is 0 Å². The van der Waals surface area contributed by atoms with Crippen molar-refractivity contribution in [2.45, 2.75) is 37.8 Å². The van der Waals surface area contributed by atoms with Crippen molar-refractivity contribution < 1.29 is 29.2 Å². The summed E-state index contributed by atoms with van der Waals surface area (Å²) in [6.07, 6.45) is 1.54. The van der Waals surface area contributed by atoms with Crippen LogP contribution in [0.4, 0.5) is 5.82 Å². The lowest BCUT2D eigenvalue weighted by Gasteiger charge is -2.19. The van der Waals surface area contributed by atoms with E-state index in [1.165, 1.54) is 6.33 Å². The number of imidazole rings is 1. The van der Waals surface area contributed by atoms with E-state index in [0.717, 1.165) is 5.56 Å². The number of aliphatic hydroxyl groups is 2. The minimum absolute atomic E-state index is 0.171. The van der Waals surface area contributed by atoms with Gasteiger partial charge in [0.2, 0.25) is 5.75 Å². The summed E-state index contributed by atoms with van der Waals surface area (Å²) in [4.78, 5) is 13.2. The maximum absolute atomic E-state index is 10.1. The van der Waals surface area contributed by atoms with Gasteiger partial charge in [-0.1, -0.05) is 0 Å². The molecule has 32 heavy (non-hydrogen) atoms. The Balaban J connectivity index is 1.62. The molecular formula is C21H27N5O6. The van der Waals surface area contributed by atoms with Crippen LogP contribution in [0.2, 0.25) is 0 Å². The quantitative estimate of drug-likeness (QED) is 0.470. The van der Waals surface area contributed by atoms with Crippen LogP contribution >= 0.6 is 0 Å². The molecule has 0 spiro atoms. The van der Waals surface area contributed by atoms with E-state index in [9.17, 15) is 10.2 Å². The molecule has 0 radical (unpaired) electrons. The summed E-state index contributed by atoms with van der Waals surface area (Å²) >= 11 is 0. The number of rotatable bonds is 8. The van der Waals surface area contributed by atoms with Crippen molar-refractivity contribution in [3.63, 3.8) is 0 Å². The van der Waals surface area contributed by atoms with Gasteiger partial charge in [-0.15, -0.1) is 0 Å². The molecule has 3 aromatic rings. The first-order chi connectivity index (χ1) is 15.5. The monoisotopic (exact) mass is 445 g/mol. The minimum atomic E-state index is -0.748. The zero-order valence-electron chi connectivity index (χ0n) is 18.3. The Kier molecular flexibility index (Phi) is 6.31. The molecule has 172 valence electrons. The van der Waals surface area contributed by atoms with Crippen LogP contribution in [0.15, 0.2) is 24.8 Å². The highest BCUT2D eigenvalue weighted by Gasteiger charge is 2.35. The van der Waals surface area contributed by atoms with Crippen LogP contribution in [-0.2, 0) is 4.74 Å². The molecule has 1 saturated heterocycles. The van der Waals surface area contributed by atoms with E-state index in [0.29, 0.717) is 40.7 Å². The van der Waals surface area contributed by atoms with Crippen LogP contribution in [0.25, 0.3) is 11.2 Å². The fraction of sp³-hybridized carbons (Fsp3) is 0.476. The van der Waals surface area contributed by atoms with Gasteiger partial charge in [0.1, 0.15) is 18.7 Å². The van der Waals surface area contributed by atoms with Crippen molar-refractivity contribution in [1.82, 2.24) is 19.5 Å². The molecule has 0 bridgehead atoms. The molecule has 0 saturated carbocycles. The molecule has 2 aromatic heterocycles. The molecule has 3 N–H and O–H groups in total. The summed E-state index contributed by atoms with van der Waals surface area (Å²) in [6, 6.07) is 3.58. The normalized spacial score (nSPS) is 21.5. The van der Waals surface area contributed by atoms with Gasteiger partial charge in [-0.2, -0.15) is 0 Å². The predicted octanol–water partition coefficient (Wildman–Crippen LogP) is 1.67. The second kappa shape index (κ2) is 9.15. The third-order valence-corrected chi connectivity index (χ3v) is 5.59. The molecule has 1 aromatic carbocycles. The Morgan fingerprint density at radius 3 is 2.47 bits per heavy atom. The van der Waals surface area contributed by atoms with Crippen LogP contribution in [0.3, 0.4) is 0 Å². The number of nitrogens with zero attached hydrogens (tertiary/aromatic N) is 4. The van der Waals surface area contributed by atoms with Crippen LogP contribution in [0, 0.1) is 0 Å². The van der Waals surface area contributed by atoms with Crippen molar-refractivity contribution >= 4 is 17.0 Å². The van der Waals surface area contributed by atoms with Crippen LogP contribution < -0.4 is 19.5 Å². The zero-order chi connectivity index (χ0) is 22.8. The standard InChI is InChI=1S/C21H27N5O6/c1-11(12-5-14(29-2)19(31-4)15(6-12)30-3)25-20-18-21(23-9-22-20)26(10-24-18)17-7-13(28)16(8-27)32-17/h5-6,9-11,13,16-17,27-28H,7-8H2,1-4H3,(H,22,23,25)/t11?,13-,16-,17-/m1/s1. The molecule has 0 amide bonds. The molecule has 4 rings (SSSR count). The molecule has 1 unspecified atom stereocenters. The zero-order valence-corrected chi connectivity index (χ0v) is 18.3. The average Bonchev–Trinajstić information content (AvgIpc) is 3.41. The number of hydrogen-bond acceptors (Lipinski definition) is 10. The summed E-state index contributed by atoms with van der Waals surface area (Å²) < 4.78 is 23.8. The highest BCUT2D eigenvalue weighted by atomic mass is 16.5.